The summed E-state index contributed by atoms with van der Waals surface area (Å²) in [6.45, 7) is 1.99. The second-order valence-corrected chi connectivity index (χ2v) is 9.85. The summed E-state index contributed by atoms with van der Waals surface area (Å²) in [6, 6.07) is 14.7. The van der Waals surface area contributed by atoms with E-state index >= 15 is 0 Å². The Labute approximate surface area is 203 Å². The lowest BCUT2D eigenvalue weighted by Gasteiger charge is -2.07. The van der Waals surface area contributed by atoms with Crippen LogP contribution in [0.15, 0.2) is 57.7 Å². The summed E-state index contributed by atoms with van der Waals surface area (Å²) in [4.78, 5) is 36.9. The van der Waals surface area contributed by atoms with E-state index in [1.807, 2.05) is 31.2 Å². The zero-order valence-corrected chi connectivity index (χ0v) is 20.2. The van der Waals surface area contributed by atoms with Crippen molar-refractivity contribution in [2.24, 2.45) is 7.05 Å². The second kappa shape index (κ2) is 10.6. The van der Waals surface area contributed by atoms with Crippen LogP contribution in [-0.4, -0.2) is 37.5 Å². The van der Waals surface area contributed by atoms with Crippen LogP contribution in [0.25, 0.3) is 10.8 Å². The molecule has 2 amide bonds. The predicted molar refractivity (Wildman–Crippen MR) is 134 cm³/mol. The number of thioether (sulfide) groups is 1. The van der Waals surface area contributed by atoms with Crippen LogP contribution >= 0.6 is 23.1 Å². The van der Waals surface area contributed by atoms with Gasteiger partial charge in [-0.1, -0.05) is 59.0 Å². The molecule has 2 heterocycles. The number of nitrogens with one attached hydrogen (secondary N) is 2. The maximum Gasteiger partial charge on any atom is 0.274 e. The molecule has 0 saturated heterocycles. The van der Waals surface area contributed by atoms with Gasteiger partial charge in [0.15, 0.2) is 4.34 Å². The summed E-state index contributed by atoms with van der Waals surface area (Å²) in [5, 5.41) is 19.4. The quantitative estimate of drug-likeness (QED) is 0.285. The fourth-order valence-electron chi connectivity index (χ4n) is 3.23. The number of aromatic nitrogens is 4. The van der Waals surface area contributed by atoms with Gasteiger partial charge in [-0.2, -0.15) is 5.10 Å². The second-order valence-electron chi connectivity index (χ2n) is 7.53. The van der Waals surface area contributed by atoms with Gasteiger partial charge in [0, 0.05) is 30.3 Å². The minimum absolute atomic E-state index is 0.00410. The van der Waals surface area contributed by atoms with Crippen LogP contribution in [0.1, 0.15) is 17.7 Å². The van der Waals surface area contributed by atoms with Crippen LogP contribution in [0.5, 0.6) is 0 Å². The zero-order valence-electron chi connectivity index (χ0n) is 18.6. The van der Waals surface area contributed by atoms with E-state index in [-0.39, 0.29) is 23.8 Å². The molecule has 2 N–H and O–H groups in total. The first-order valence-electron chi connectivity index (χ1n) is 10.5. The molecule has 174 valence electrons. The topological polar surface area (TPSA) is 119 Å². The summed E-state index contributed by atoms with van der Waals surface area (Å²) in [6.07, 6.45) is 0.321. The molecule has 0 spiro atoms. The number of hydrogen-bond donors (Lipinski definition) is 2. The molecule has 2 aromatic carbocycles. The fraction of sp³-hybridized carbons (Fsp3) is 0.217. The first kappa shape index (κ1) is 23.6. The third-order valence-electron chi connectivity index (χ3n) is 4.90. The first-order chi connectivity index (χ1) is 16.4. The van der Waals surface area contributed by atoms with Crippen LogP contribution in [0.2, 0.25) is 0 Å². The van der Waals surface area contributed by atoms with Crippen LogP contribution in [0.4, 0.5) is 10.8 Å². The number of amides is 2. The maximum absolute atomic E-state index is 12.6. The van der Waals surface area contributed by atoms with Crippen molar-refractivity contribution < 1.29 is 9.59 Å². The van der Waals surface area contributed by atoms with Gasteiger partial charge in [0.25, 0.3) is 5.56 Å². The molecule has 0 saturated carbocycles. The molecule has 0 aliphatic carbocycles. The Hall–Kier alpha value is -3.57. The lowest BCUT2D eigenvalue weighted by Crippen LogP contribution is -2.24. The van der Waals surface area contributed by atoms with Gasteiger partial charge in [0.05, 0.1) is 17.5 Å². The third-order valence-corrected chi connectivity index (χ3v) is 6.88. The standard InChI is InChI=1S/C23H22N6O3S2/c1-14-7-9-15(10-8-14)24-19(30)11-12-33-23-27-26-22(34-23)25-20(31)13-18-16-5-3-4-6-17(16)21(32)29(2)28-18/h3-10H,11-13H2,1-2H3,(H,24,30)(H,25,26,31). The number of carbonyl (C=O) groups excluding carboxylic acids is 2. The van der Waals surface area contributed by atoms with Crippen LogP contribution in [-0.2, 0) is 23.1 Å². The lowest BCUT2D eigenvalue weighted by molar-refractivity contribution is -0.116. The smallest absolute Gasteiger partial charge is 0.274 e. The highest BCUT2D eigenvalue weighted by Crippen LogP contribution is 2.26. The fourth-order valence-corrected chi connectivity index (χ4v) is 5.01. The number of benzene rings is 2. The third kappa shape index (κ3) is 5.86. The molecule has 0 radical (unpaired) electrons. The van der Waals surface area contributed by atoms with Gasteiger partial charge in [-0.15, -0.1) is 10.2 Å². The van der Waals surface area contributed by atoms with Gasteiger partial charge < -0.3 is 10.6 Å². The van der Waals surface area contributed by atoms with E-state index in [1.165, 1.54) is 27.8 Å². The maximum atomic E-state index is 12.6. The summed E-state index contributed by atoms with van der Waals surface area (Å²) in [5.41, 5.74) is 2.20. The van der Waals surface area contributed by atoms with Crippen molar-refractivity contribution in [2.75, 3.05) is 16.4 Å². The summed E-state index contributed by atoms with van der Waals surface area (Å²) in [7, 11) is 1.56. The molecule has 0 fully saturated rings. The van der Waals surface area contributed by atoms with Gasteiger partial charge >= 0.3 is 0 Å². The molecule has 11 heteroatoms. The van der Waals surface area contributed by atoms with E-state index in [0.29, 0.717) is 38.1 Å². The Kier molecular flexibility index (Phi) is 7.33. The summed E-state index contributed by atoms with van der Waals surface area (Å²) >= 11 is 2.64. The molecule has 0 aliphatic rings. The monoisotopic (exact) mass is 494 g/mol. The Morgan fingerprint density at radius 2 is 1.74 bits per heavy atom. The summed E-state index contributed by atoms with van der Waals surface area (Å²) < 4.78 is 1.89. The molecule has 4 rings (SSSR count). The average Bonchev–Trinajstić information content (AvgIpc) is 3.25. The van der Waals surface area contributed by atoms with Gasteiger partial charge in [0.2, 0.25) is 16.9 Å². The predicted octanol–water partition coefficient (Wildman–Crippen LogP) is 3.40. The number of hydrogen-bond acceptors (Lipinski definition) is 8. The highest BCUT2D eigenvalue weighted by atomic mass is 32.2. The van der Waals surface area contributed by atoms with Crippen LogP contribution < -0.4 is 16.2 Å². The molecule has 2 aromatic heterocycles. The number of rotatable bonds is 8. The van der Waals surface area contributed by atoms with Crippen LogP contribution in [0, 0.1) is 6.92 Å². The van der Waals surface area contributed by atoms with Crippen molar-refractivity contribution in [3.05, 3.63) is 70.1 Å². The van der Waals surface area contributed by atoms with Crippen molar-refractivity contribution >= 4 is 56.5 Å². The SMILES string of the molecule is Cc1ccc(NC(=O)CCSc2nnc(NC(=O)Cc3nn(C)c(=O)c4ccccc34)s2)cc1. The van der Waals surface area contributed by atoms with Crippen molar-refractivity contribution in [2.45, 2.75) is 24.1 Å². The molecular formula is C23H22N6O3S2. The minimum atomic E-state index is -0.304. The first-order valence-corrected chi connectivity index (χ1v) is 12.3. The highest BCUT2D eigenvalue weighted by molar-refractivity contribution is 8.01. The molecule has 0 aliphatic heterocycles. The molecule has 9 nitrogen and oxygen atoms in total. The Balaban J connectivity index is 1.29. The average molecular weight is 495 g/mol. The molecule has 0 unspecified atom stereocenters. The van der Waals surface area contributed by atoms with E-state index in [2.05, 4.69) is 25.9 Å². The van der Waals surface area contributed by atoms with Crippen molar-refractivity contribution in [3.63, 3.8) is 0 Å². The zero-order chi connectivity index (χ0) is 24.1. The number of nitrogens with zero attached hydrogens (tertiary/aromatic N) is 4. The molecule has 34 heavy (non-hydrogen) atoms. The molecule has 4 aromatic rings. The summed E-state index contributed by atoms with van der Waals surface area (Å²) in [5.74, 6) is 0.154. The number of aryl methyl sites for hydroxylation is 2. The number of carbonyl (C=O) groups is 2. The molecule has 0 bridgehead atoms. The van der Waals surface area contributed by atoms with E-state index in [4.69, 9.17) is 0 Å². The Bertz CT molecular complexity index is 1400. The highest BCUT2D eigenvalue weighted by Gasteiger charge is 2.14. The Morgan fingerprint density at radius 3 is 2.50 bits per heavy atom. The van der Waals surface area contributed by atoms with Gasteiger partial charge in [-0.05, 0) is 25.1 Å². The molecular weight excluding hydrogens is 472 g/mol. The van der Waals surface area contributed by atoms with Crippen molar-refractivity contribution in [1.29, 1.82) is 0 Å². The van der Waals surface area contributed by atoms with Crippen molar-refractivity contribution in [3.8, 4) is 0 Å². The van der Waals surface area contributed by atoms with Gasteiger partial charge in [0.1, 0.15) is 0 Å². The normalized spacial score (nSPS) is 10.9. The van der Waals surface area contributed by atoms with Gasteiger partial charge in [-0.3, -0.25) is 14.4 Å². The number of fused-ring (bicyclic) bond motifs is 1. The van der Waals surface area contributed by atoms with Crippen molar-refractivity contribution in [1.82, 2.24) is 20.0 Å². The largest absolute Gasteiger partial charge is 0.326 e. The van der Waals surface area contributed by atoms with Gasteiger partial charge in [-0.25, -0.2) is 4.68 Å². The van der Waals surface area contributed by atoms with E-state index in [1.54, 1.807) is 31.3 Å². The van der Waals surface area contributed by atoms with E-state index < -0.39 is 0 Å². The van der Waals surface area contributed by atoms with Crippen LogP contribution in [0.3, 0.4) is 0 Å². The van der Waals surface area contributed by atoms with E-state index in [9.17, 15) is 14.4 Å². The lowest BCUT2D eigenvalue weighted by atomic mass is 10.1. The Morgan fingerprint density at radius 1 is 1.00 bits per heavy atom. The molecule has 0 atom stereocenters. The van der Waals surface area contributed by atoms with E-state index in [0.717, 1.165) is 11.3 Å². The minimum Gasteiger partial charge on any atom is -0.326 e. The number of anilines is 2.